The highest BCUT2D eigenvalue weighted by Crippen LogP contribution is 2.73. The molecule has 0 unspecified atom stereocenters. The van der Waals surface area contributed by atoms with Crippen molar-refractivity contribution < 1.29 is 28.5 Å². The van der Waals surface area contributed by atoms with Gasteiger partial charge in [-0.05, 0) is 72.3 Å². The standard InChI is InChI=1S/C31H42O6/c1-28(2)14-8-15-29(3)22(28)13-16-30(4)23(29)12-10-20(31(30)17-24(32)37-18-31)25(33)19-9-11-21(34-5)27(36-7)26(19)35-6/h8-9,11,14,20,22-23H,10,12-13,15-18H2,1-7H3/t20-,22+,23-,29+,30-,31+/m1/s1. The average molecular weight is 511 g/mol. The lowest BCUT2D eigenvalue weighted by molar-refractivity contribution is -0.188. The number of carbonyl (C=O) groups is 2. The summed E-state index contributed by atoms with van der Waals surface area (Å²) in [4.78, 5) is 27.2. The van der Waals surface area contributed by atoms with E-state index in [4.69, 9.17) is 18.9 Å². The first-order valence-electron chi connectivity index (χ1n) is 13.7. The molecule has 4 aliphatic rings. The number of cyclic esters (lactones) is 1. The minimum Gasteiger partial charge on any atom is -0.493 e. The van der Waals surface area contributed by atoms with Gasteiger partial charge in [0.1, 0.15) is 0 Å². The average Bonchev–Trinajstić information content (AvgIpc) is 3.25. The Morgan fingerprint density at radius 2 is 1.68 bits per heavy atom. The number of benzene rings is 1. The number of fused-ring (bicyclic) bond motifs is 4. The molecule has 1 aromatic rings. The summed E-state index contributed by atoms with van der Waals surface area (Å²) < 4.78 is 22.5. The molecule has 6 atom stereocenters. The third-order valence-corrected chi connectivity index (χ3v) is 11.1. The smallest absolute Gasteiger partial charge is 0.306 e. The van der Waals surface area contributed by atoms with E-state index in [0.29, 0.717) is 47.7 Å². The number of Topliss-reactive ketones (excluding diaryl/α,β-unsaturated/α-hetero) is 1. The van der Waals surface area contributed by atoms with Crippen molar-refractivity contribution in [1.29, 1.82) is 0 Å². The van der Waals surface area contributed by atoms with Crippen molar-refractivity contribution in [2.45, 2.75) is 66.2 Å². The van der Waals surface area contributed by atoms with Gasteiger partial charge in [0.15, 0.2) is 17.3 Å². The van der Waals surface area contributed by atoms with E-state index in [2.05, 4.69) is 39.8 Å². The van der Waals surface area contributed by atoms with Crippen LogP contribution in [0, 0.1) is 39.4 Å². The van der Waals surface area contributed by atoms with E-state index in [-0.39, 0.29) is 33.9 Å². The first-order chi connectivity index (χ1) is 17.5. The van der Waals surface area contributed by atoms with Crippen LogP contribution in [0.4, 0.5) is 0 Å². The predicted octanol–water partition coefficient (Wildman–Crippen LogP) is 6.26. The lowest BCUT2D eigenvalue weighted by atomic mass is 9.35. The van der Waals surface area contributed by atoms with Crippen LogP contribution < -0.4 is 14.2 Å². The van der Waals surface area contributed by atoms with Gasteiger partial charge >= 0.3 is 5.97 Å². The van der Waals surface area contributed by atoms with Gasteiger partial charge in [-0.1, -0.05) is 39.8 Å². The molecule has 0 bridgehead atoms. The molecule has 0 amide bonds. The van der Waals surface area contributed by atoms with Crippen LogP contribution in [0.25, 0.3) is 0 Å². The van der Waals surface area contributed by atoms with Crippen LogP contribution in [0.15, 0.2) is 24.3 Å². The van der Waals surface area contributed by atoms with Gasteiger partial charge < -0.3 is 18.9 Å². The maximum atomic E-state index is 14.4. The molecule has 202 valence electrons. The molecule has 3 fully saturated rings. The summed E-state index contributed by atoms with van der Waals surface area (Å²) >= 11 is 0. The van der Waals surface area contributed by atoms with Gasteiger partial charge in [-0.2, -0.15) is 0 Å². The molecule has 6 heteroatoms. The highest BCUT2D eigenvalue weighted by Gasteiger charge is 2.70. The molecule has 6 nitrogen and oxygen atoms in total. The van der Waals surface area contributed by atoms with Crippen molar-refractivity contribution in [1.82, 2.24) is 0 Å². The Bertz CT molecular complexity index is 1140. The van der Waals surface area contributed by atoms with Gasteiger partial charge in [0.2, 0.25) is 5.75 Å². The summed E-state index contributed by atoms with van der Waals surface area (Å²) in [7, 11) is 4.66. The van der Waals surface area contributed by atoms with E-state index >= 15 is 0 Å². The summed E-state index contributed by atoms with van der Waals surface area (Å²) in [6.45, 7) is 9.87. The third kappa shape index (κ3) is 3.50. The van der Waals surface area contributed by atoms with Crippen molar-refractivity contribution in [2.24, 2.45) is 39.4 Å². The minimum atomic E-state index is -0.540. The van der Waals surface area contributed by atoms with Gasteiger partial charge in [-0.3, -0.25) is 9.59 Å². The Morgan fingerprint density at radius 1 is 0.946 bits per heavy atom. The van der Waals surface area contributed by atoms with Crippen molar-refractivity contribution >= 4 is 11.8 Å². The number of esters is 1. The van der Waals surface area contributed by atoms with Crippen LogP contribution in [-0.4, -0.2) is 39.7 Å². The van der Waals surface area contributed by atoms with Gasteiger partial charge in [0, 0.05) is 11.3 Å². The Morgan fingerprint density at radius 3 is 2.30 bits per heavy atom. The largest absolute Gasteiger partial charge is 0.493 e. The number of ketones is 1. The first kappa shape index (κ1) is 26.1. The number of methoxy groups -OCH3 is 3. The lowest BCUT2D eigenvalue weighted by Gasteiger charge is -2.68. The Hall–Kier alpha value is -2.50. The number of rotatable bonds is 5. The normalized spacial score (nSPS) is 37.9. The molecule has 37 heavy (non-hydrogen) atoms. The number of hydrogen-bond acceptors (Lipinski definition) is 6. The Labute approximate surface area is 221 Å². The molecule has 1 aliphatic heterocycles. The summed E-state index contributed by atoms with van der Waals surface area (Å²) in [6, 6.07) is 3.53. The second-order valence-corrected chi connectivity index (χ2v) is 12.9. The van der Waals surface area contributed by atoms with E-state index in [0.717, 1.165) is 32.1 Å². The van der Waals surface area contributed by atoms with Crippen molar-refractivity contribution in [3.63, 3.8) is 0 Å². The fraction of sp³-hybridized carbons (Fsp3) is 0.677. The zero-order chi connectivity index (χ0) is 26.8. The summed E-state index contributed by atoms with van der Waals surface area (Å²) in [5, 5.41) is 0. The van der Waals surface area contributed by atoms with Gasteiger partial charge in [-0.25, -0.2) is 0 Å². The topological polar surface area (TPSA) is 71.1 Å². The zero-order valence-electron chi connectivity index (χ0n) is 23.4. The van der Waals surface area contributed by atoms with Crippen molar-refractivity contribution in [2.75, 3.05) is 27.9 Å². The molecule has 1 heterocycles. The fourth-order valence-electron chi connectivity index (χ4n) is 9.43. The van der Waals surface area contributed by atoms with Gasteiger partial charge in [0.25, 0.3) is 0 Å². The Balaban J connectivity index is 1.60. The van der Waals surface area contributed by atoms with E-state index < -0.39 is 5.41 Å². The highest BCUT2D eigenvalue weighted by molar-refractivity contribution is 6.02. The van der Waals surface area contributed by atoms with Crippen LogP contribution in [0.2, 0.25) is 0 Å². The SMILES string of the molecule is COc1ccc(C(=O)[C@H]2CC[C@@H]3[C@@]4(C)CC=CC(C)(C)[C@@H]4CC[C@@]3(C)[C@@]23COC(=O)C3)c(OC)c1OC. The lowest BCUT2D eigenvalue weighted by Crippen LogP contribution is -2.64. The van der Waals surface area contributed by atoms with Gasteiger partial charge in [-0.15, -0.1) is 0 Å². The van der Waals surface area contributed by atoms with E-state index in [1.807, 2.05) is 0 Å². The van der Waals surface area contributed by atoms with Crippen LogP contribution in [0.1, 0.15) is 76.6 Å². The van der Waals surface area contributed by atoms with Crippen LogP contribution in [-0.2, 0) is 9.53 Å². The monoisotopic (exact) mass is 510 g/mol. The second-order valence-electron chi connectivity index (χ2n) is 12.9. The van der Waals surface area contributed by atoms with Crippen molar-refractivity contribution in [3.05, 3.63) is 29.8 Å². The second kappa shape index (κ2) is 8.78. The van der Waals surface area contributed by atoms with Crippen LogP contribution in [0.3, 0.4) is 0 Å². The molecular weight excluding hydrogens is 468 g/mol. The summed E-state index contributed by atoms with van der Waals surface area (Å²) in [5.74, 6) is 1.79. The maximum absolute atomic E-state index is 14.4. The highest BCUT2D eigenvalue weighted by atomic mass is 16.5. The number of ether oxygens (including phenoxy) is 4. The zero-order valence-corrected chi connectivity index (χ0v) is 23.4. The molecule has 1 saturated heterocycles. The molecule has 1 spiro atoms. The summed E-state index contributed by atoms with van der Waals surface area (Å²) in [6.07, 6.45) is 9.92. The molecule has 2 saturated carbocycles. The fourth-order valence-corrected chi connectivity index (χ4v) is 9.43. The number of carbonyl (C=O) groups excluding carboxylic acids is 2. The molecule has 0 radical (unpaired) electrons. The summed E-state index contributed by atoms with van der Waals surface area (Å²) in [5.41, 5.74) is 0.0186. The quantitative estimate of drug-likeness (QED) is 0.264. The van der Waals surface area contributed by atoms with Crippen molar-refractivity contribution in [3.8, 4) is 17.2 Å². The number of hydrogen-bond donors (Lipinski definition) is 0. The predicted molar refractivity (Wildman–Crippen MR) is 141 cm³/mol. The molecule has 0 N–H and O–H groups in total. The number of allylic oxidation sites excluding steroid dienone is 2. The molecule has 3 aliphatic carbocycles. The van der Waals surface area contributed by atoms with E-state index in [1.165, 1.54) is 0 Å². The third-order valence-electron chi connectivity index (χ3n) is 11.1. The van der Waals surface area contributed by atoms with Crippen LogP contribution in [0.5, 0.6) is 17.2 Å². The van der Waals surface area contributed by atoms with Crippen LogP contribution >= 0.6 is 0 Å². The van der Waals surface area contributed by atoms with Gasteiger partial charge in [0.05, 0.1) is 39.9 Å². The Kier molecular flexibility index (Phi) is 6.20. The first-order valence-corrected chi connectivity index (χ1v) is 13.7. The van der Waals surface area contributed by atoms with E-state index in [9.17, 15) is 9.59 Å². The molecular formula is C31H42O6. The van der Waals surface area contributed by atoms with E-state index in [1.54, 1.807) is 33.5 Å². The maximum Gasteiger partial charge on any atom is 0.306 e. The molecule has 5 rings (SSSR count). The minimum absolute atomic E-state index is 0.00641. The molecule has 1 aromatic carbocycles. The molecule has 0 aromatic heterocycles.